The molecule has 0 aromatic heterocycles. The highest BCUT2D eigenvalue weighted by molar-refractivity contribution is 9.10. The lowest BCUT2D eigenvalue weighted by molar-refractivity contribution is 0.187. The maximum Gasteiger partial charge on any atom is 0.0761 e. The number of aliphatic hydroxyl groups is 1. The lowest BCUT2D eigenvalue weighted by Crippen LogP contribution is -2.45. The number of halogens is 1. The molecular formula is C16H18BrNOS. The second-order valence-corrected chi connectivity index (χ2v) is 6.57. The van der Waals surface area contributed by atoms with Crippen molar-refractivity contribution < 1.29 is 5.11 Å². The topological polar surface area (TPSA) is 32.3 Å². The Bertz CT molecular complexity index is 543. The Morgan fingerprint density at radius 1 is 1.15 bits per heavy atom. The smallest absolute Gasteiger partial charge is 0.0761 e. The lowest BCUT2D eigenvalue weighted by Gasteiger charge is -2.32. The number of hydrogen-bond donors (Lipinski definition) is 2. The Morgan fingerprint density at radius 3 is 2.50 bits per heavy atom. The molecule has 0 aliphatic heterocycles. The summed E-state index contributed by atoms with van der Waals surface area (Å²) in [6.45, 7) is 0.0640. The van der Waals surface area contributed by atoms with Gasteiger partial charge in [-0.05, 0) is 30.8 Å². The highest BCUT2D eigenvalue weighted by Crippen LogP contribution is 2.30. The van der Waals surface area contributed by atoms with Gasteiger partial charge in [0, 0.05) is 15.1 Å². The fourth-order valence-corrected chi connectivity index (χ4v) is 3.79. The van der Waals surface area contributed by atoms with E-state index in [4.69, 9.17) is 0 Å². The van der Waals surface area contributed by atoms with Gasteiger partial charge in [-0.2, -0.15) is 0 Å². The molecule has 20 heavy (non-hydrogen) atoms. The van der Waals surface area contributed by atoms with E-state index in [1.165, 1.54) is 4.90 Å². The number of thioether (sulfide) groups is 1. The Balaban J connectivity index is 2.18. The zero-order chi connectivity index (χ0) is 14.4. The van der Waals surface area contributed by atoms with Crippen LogP contribution in [0.25, 0.3) is 0 Å². The molecule has 2 nitrogen and oxygen atoms in total. The maximum absolute atomic E-state index is 9.88. The van der Waals surface area contributed by atoms with E-state index in [-0.39, 0.29) is 6.61 Å². The Labute approximate surface area is 132 Å². The van der Waals surface area contributed by atoms with Crippen molar-refractivity contribution in [3.05, 3.63) is 64.6 Å². The first-order valence-corrected chi connectivity index (χ1v) is 8.22. The van der Waals surface area contributed by atoms with Gasteiger partial charge >= 0.3 is 0 Å². The van der Waals surface area contributed by atoms with Crippen molar-refractivity contribution in [3.63, 3.8) is 0 Å². The predicted octanol–water partition coefficient (Wildman–Crippen LogP) is 3.65. The average Bonchev–Trinajstić information content (AvgIpc) is 2.50. The van der Waals surface area contributed by atoms with Gasteiger partial charge in [0.25, 0.3) is 0 Å². The third-order valence-electron chi connectivity index (χ3n) is 3.36. The van der Waals surface area contributed by atoms with Gasteiger partial charge in [0.05, 0.1) is 12.1 Å². The standard InChI is InChI=1S/C16H18BrNOS/c1-18-16(11-19,13-6-3-2-4-7-13)12-20-15-9-5-8-14(17)10-15/h2-10,18-19H,11-12H2,1H3. The number of benzene rings is 2. The van der Waals surface area contributed by atoms with Crippen LogP contribution in [0.1, 0.15) is 5.56 Å². The molecule has 0 bridgehead atoms. The van der Waals surface area contributed by atoms with Crippen molar-refractivity contribution in [1.82, 2.24) is 5.32 Å². The third-order valence-corrected chi connectivity index (χ3v) is 5.07. The van der Waals surface area contributed by atoms with Crippen molar-refractivity contribution in [1.29, 1.82) is 0 Å². The number of hydrogen-bond acceptors (Lipinski definition) is 3. The zero-order valence-corrected chi connectivity index (χ0v) is 13.7. The molecule has 0 aliphatic rings. The molecule has 0 saturated heterocycles. The van der Waals surface area contributed by atoms with E-state index in [1.54, 1.807) is 11.8 Å². The van der Waals surface area contributed by atoms with E-state index in [0.29, 0.717) is 0 Å². The van der Waals surface area contributed by atoms with Gasteiger partial charge in [0.15, 0.2) is 0 Å². The number of aliphatic hydroxyl groups excluding tert-OH is 1. The molecule has 1 unspecified atom stereocenters. The van der Waals surface area contributed by atoms with Crippen LogP contribution in [0.3, 0.4) is 0 Å². The fourth-order valence-electron chi connectivity index (χ4n) is 2.04. The molecular weight excluding hydrogens is 334 g/mol. The van der Waals surface area contributed by atoms with Crippen molar-refractivity contribution in [3.8, 4) is 0 Å². The monoisotopic (exact) mass is 351 g/mol. The first kappa shape index (κ1) is 15.6. The molecule has 0 aliphatic carbocycles. The second kappa shape index (κ2) is 7.27. The molecule has 0 heterocycles. The van der Waals surface area contributed by atoms with Crippen LogP contribution >= 0.6 is 27.7 Å². The summed E-state index contributed by atoms with van der Waals surface area (Å²) in [6, 6.07) is 18.3. The minimum atomic E-state index is -0.422. The number of rotatable bonds is 6. The van der Waals surface area contributed by atoms with Crippen LogP contribution in [0, 0.1) is 0 Å². The minimum Gasteiger partial charge on any atom is -0.394 e. The van der Waals surface area contributed by atoms with E-state index in [9.17, 15) is 5.11 Å². The van der Waals surface area contributed by atoms with E-state index in [0.717, 1.165) is 15.8 Å². The normalized spacial score (nSPS) is 13.9. The third kappa shape index (κ3) is 3.64. The number of likely N-dealkylation sites (N-methyl/N-ethyl adjacent to an activating group) is 1. The fraction of sp³-hybridized carbons (Fsp3) is 0.250. The van der Waals surface area contributed by atoms with E-state index < -0.39 is 5.54 Å². The summed E-state index contributed by atoms with van der Waals surface area (Å²) in [7, 11) is 1.89. The van der Waals surface area contributed by atoms with Crippen LogP contribution in [-0.2, 0) is 5.54 Å². The van der Waals surface area contributed by atoms with E-state index in [2.05, 4.69) is 33.4 Å². The van der Waals surface area contributed by atoms with Crippen molar-refractivity contribution in [2.45, 2.75) is 10.4 Å². The summed E-state index contributed by atoms with van der Waals surface area (Å²) in [6.07, 6.45) is 0. The highest BCUT2D eigenvalue weighted by atomic mass is 79.9. The molecule has 0 fully saturated rings. The molecule has 1 atom stereocenters. The first-order chi connectivity index (χ1) is 9.70. The van der Waals surface area contributed by atoms with Crippen molar-refractivity contribution in [2.24, 2.45) is 0 Å². The SMILES string of the molecule is CNC(CO)(CSc1cccc(Br)c1)c1ccccc1. The molecule has 106 valence electrons. The van der Waals surface area contributed by atoms with E-state index in [1.807, 2.05) is 49.5 Å². The average molecular weight is 352 g/mol. The molecule has 2 N–H and O–H groups in total. The van der Waals surface area contributed by atoms with Gasteiger partial charge in [-0.15, -0.1) is 11.8 Å². The van der Waals surface area contributed by atoms with Gasteiger partial charge in [0.2, 0.25) is 0 Å². The van der Waals surface area contributed by atoms with Crippen LogP contribution in [-0.4, -0.2) is 24.5 Å². The molecule has 2 aromatic carbocycles. The van der Waals surface area contributed by atoms with Gasteiger partial charge in [-0.1, -0.05) is 52.3 Å². The maximum atomic E-state index is 9.88. The lowest BCUT2D eigenvalue weighted by atomic mass is 9.93. The zero-order valence-electron chi connectivity index (χ0n) is 11.3. The Kier molecular flexibility index (Phi) is 5.66. The van der Waals surface area contributed by atoms with Crippen LogP contribution < -0.4 is 5.32 Å². The summed E-state index contributed by atoms with van der Waals surface area (Å²) in [5.41, 5.74) is 0.682. The number of nitrogens with one attached hydrogen (secondary N) is 1. The first-order valence-electron chi connectivity index (χ1n) is 6.44. The van der Waals surface area contributed by atoms with Crippen LogP contribution in [0.5, 0.6) is 0 Å². The molecule has 0 amide bonds. The summed E-state index contributed by atoms with van der Waals surface area (Å²) in [5.74, 6) is 0.764. The van der Waals surface area contributed by atoms with Crippen LogP contribution in [0.15, 0.2) is 64.0 Å². The summed E-state index contributed by atoms with van der Waals surface area (Å²) in [5, 5.41) is 13.2. The molecule has 0 saturated carbocycles. The largest absolute Gasteiger partial charge is 0.394 e. The van der Waals surface area contributed by atoms with Gasteiger partial charge in [-0.3, -0.25) is 0 Å². The summed E-state index contributed by atoms with van der Waals surface area (Å²) in [4.78, 5) is 1.18. The molecule has 2 aromatic rings. The molecule has 0 spiro atoms. The molecule has 4 heteroatoms. The van der Waals surface area contributed by atoms with Gasteiger partial charge < -0.3 is 10.4 Å². The van der Waals surface area contributed by atoms with Gasteiger partial charge in [-0.25, -0.2) is 0 Å². The van der Waals surface area contributed by atoms with E-state index >= 15 is 0 Å². The van der Waals surface area contributed by atoms with Gasteiger partial charge in [0.1, 0.15) is 0 Å². The predicted molar refractivity (Wildman–Crippen MR) is 89.1 cm³/mol. The summed E-state index contributed by atoms with van der Waals surface area (Å²) < 4.78 is 1.07. The highest BCUT2D eigenvalue weighted by Gasteiger charge is 2.29. The van der Waals surface area contributed by atoms with Crippen LogP contribution in [0.2, 0.25) is 0 Å². The van der Waals surface area contributed by atoms with Crippen molar-refractivity contribution in [2.75, 3.05) is 19.4 Å². The van der Waals surface area contributed by atoms with Crippen molar-refractivity contribution >= 4 is 27.7 Å². The Morgan fingerprint density at radius 2 is 1.90 bits per heavy atom. The summed E-state index contributed by atoms with van der Waals surface area (Å²) >= 11 is 5.22. The molecule has 0 radical (unpaired) electrons. The van der Waals surface area contributed by atoms with Crippen LogP contribution in [0.4, 0.5) is 0 Å². The molecule has 2 rings (SSSR count). The quantitative estimate of drug-likeness (QED) is 0.779. The Hall–Kier alpha value is -0.810. The minimum absolute atomic E-state index is 0.0640. The second-order valence-electron chi connectivity index (χ2n) is 4.60.